The first-order valence-corrected chi connectivity index (χ1v) is 10.1. The lowest BCUT2D eigenvalue weighted by molar-refractivity contribution is -0.118. The van der Waals surface area contributed by atoms with E-state index in [1.54, 1.807) is 36.6 Å². The van der Waals surface area contributed by atoms with E-state index in [9.17, 15) is 9.59 Å². The van der Waals surface area contributed by atoms with Crippen LogP contribution in [0.4, 0.5) is 0 Å². The van der Waals surface area contributed by atoms with Gasteiger partial charge in [-0.1, -0.05) is 48.5 Å². The van der Waals surface area contributed by atoms with Gasteiger partial charge >= 0.3 is 5.97 Å². The number of amides is 1. The summed E-state index contributed by atoms with van der Waals surface area (Å²) in [5.41, 5.74) is 1.27. The summed E-state index contributed by atoms with van der Waals surface area (Å²) in [5, 5.41) is 13.9. The molecule has 0 spiro atoms. The Kier molecular flexibility index (Phi) is 6.32. The molecule has 4 rings (SSSR count). The lowest BCUT2D eigenvalue weighted by Crippen LogP contribution is -2.27. The SMILES string of the molecule is O=C(NCc1ccco1)/C(=C/c1ccc(C(=O)O)cc1)COc1cccc2ccccc12. The largest absolute Gasteiger partial charge is 0.488 e. The first kappa shape index (κ1) is 20.9. The molecule has 3 aromatic carbocycles. The van der Waals surface area contributed by atoms with Crippen LogP contribution >= 0.6 is 0 Å². The molecule has 0 bridgehead atoms. The van der Waals surface area contributed by atoms with E-state index in [0.29, 0.717) is 22.6 Å². The van der Waals surface area contributed by atoms with Crippen molar-refractivity contribution in [1.82, 2.24) is 5.32 Å². The van der Waals surface area contributed by atoms with E-state index < -0.39 is 5.97 Å². The number of furan rings is 1. The topological polar surface area (TPSA) is 88.8 Å². The van der Waals surface area contributed by atoms with E-state index in [4.69, 9.17) is 14.3 Å². The molecule has 2 N–H and O–H groups in total. The van der Waals surface area contributed by atoms with Crippen molar-refractivity contribution < 1.29 is 23.8 Å². The summed E-state index contributed by atoms with van der Waals surface area (Å²) >= 11 is 0. The second-order valence-corrected chi connectivity index (χ2v) is 7.12. The van der Waals surface area contributed by atoms with E-state index in [1.807, 2.05) is 42.5 Å². The fraction of sp³-hybridized carbons (Fsp3) is 0.0769. The zero-order chi connectivity index (χ0) is 22.3. The maximum Gasteiger partial charge on any atom is 0.335 e. The Morgan fingerprint density at radius 3 is 2.47 bits per heavy atom. The van der Waals surface area contributed by atoms with Crippen LogP contribution in [-0.4, -0.2) is 23.6 Å². The molecular formula is C26H21NO5. The average molecular weight is 427 g/mol. The van der Waals surface area contributed by atoms with Gasteiger partial charge in [0.05, 0.1) is 23.9 Å². The predicted octanol–water partition coefficient (Wildman–Crippen LogP) is 4.91. The highest BCUT2D eigenvalue weighted by Crippen LogP contribution is 2.25. The number of rotatable bonds is 8. The van der Waals surface area contributed by atoms with Gasteiger partial charge < -0.3 is 19.6 Å². The van der Waals surface area contributed by atoms with Crippen molar-refractivity contribution in [2.24, 2.45) is 0 Å². The van der Waals surface area contributed by atoms with Crippen molar-refractivity contribution in [1.29, 1.82) is 0 Å². The van der Waals surface area contributed by atoms with Crippen molar-refractivity contribution >= 4 is 28.7 Å². The van der Waals surface area contributed by atoms with Gasteiger partial charge in [-0.05, 0) is 47.4 Å². The number of nitrogens with one attached hydrogen (secondary N) is 1. The summed E-state index contributed by atoms with van der Waals surface area (Å²) in [7, 11) is 0. The lowest BCUT2D eigenvalue weighted by Gasteiger charge is -2.12. The van der Waals surface area contributed by atoms with Gasteiger partial charge in [0.25, 0.3) is 5.91 Å². The molecule has 0 radical (unpaired) electrons. The minimum Gasteiger partial charge on any atom is -0.488 e. The third kappa shape index (κ3) is 5.05. The summed E-state index contributed by atoms with van der Waals surface area (Å²) in [6.45, 7) is 0.286. The standard InChI is InChI=1S/C26H21NO5/c28-25(27-16-22-7-4-14-31-22)21(15-18-10-12-20(13-11-18)26(29)30)17-32-24-9-3-6-19-5-1-2-8-23(19)24/h1-15H,16-17H2,(H,27,28)(H,29,30)/b21-15+. The third-order valence-corrected chi connectivity index (χ3v) is 4.93. The molecule has 32 heavy (non-hydrogen) atoms. The minimum atomic E-state index is -1.00. The summed E-state index contributed by atoms with van der Waals surface area (Å²) in [4.78, 5) is 24.0. The molecule has 0 fully saturated rings. The van der Waals surface area contributed by atoms with Crippen LogP contribution in [0.25, 0.3) is 16.8 Å². The molecule has 4 aromatic rings. The highest BCUT2D eigenvalue weighted by atomic mass is 16.5. The van der Waals surface area contributed by atoms with Crippen LogP contribution in [0.15, 0.2) is 95.1 Å². The normalized spacial score (nSPS) is 11.3. The van der Waals surface area contributed by atoms with Gasteiger partial charge in [-0.25, -0.2) is 4.79 Å². The highest BCUT2D eigenvalue weighted by Gasteiger charge is 2.13. The predicted molar refractivity (Wildman–Crippen MR) is 121 cm³/mol. The Balaban J connectivity index is 1.57. The number of aromatic carboxylic acids is 1. The van der Waals surface area contributed by atoms with Crippen LogP contribution < -0.4 is 10.1 Å². The maximum atomic E-state index is 12.9. The van der Waals surface area contributed by atoms with Crippen molar-refractivity contribution in [3.63, 3.8) is 0 Å². The Hall–Kier alpha value is -4.32. The van der Waals surface area contributed by atoms with Crippen molar-refractivity contribution in [2.45, 2.75) is 6.54 Å². The highest BCUT2D eigenvalue weighted by molar-refractivity contribution is 5.98. The Labute approximate surface area is 184 Å². The molecule has 1 amide bonds. The molecule has 0 saturated heterocycles. The zero-order valence-electron chi connectivity index (χ0n) is 17.2. The molecule has 0 aliphatic heterocycles. The number of benzene rings is 3. The Bertz CT molecular complexity index is 1250. The molecule has 6 nitrogen and oxygen atoms in total. The molecule has 1 heterocycles. The molecule has 0 unspecified atom stereocenters. The van der Waals surface area contributed by atoms with E-state index in [2.05, 4.69) is 5.32 Å². The molecule has 1 aromatic heterocycles. The number of carbonyl (C=O) groups excluding carboxylic acids is 1. The quantitative estimate of drug-likeness (QED) is 0.390. The fourth-order valence-electron chi connectivity index (χ4n) is 3.27. The van der Waals surface area contributed by atoms with Gasteiger partial charge in [0.2, 0.25) is 0 Å². The first-order chi connectivity index (χ1) is 15.6. The van der Waals surface area contributed by atoms with Crippen LogP contribution in [0.2, 0.25) is 0 Å². The summed E-state index contributed by atoms with van der Waals surface area (Å²) < 4.78 is 11.3. The summed E-state index contributed by atoms with van der Waals surface area (Å²) in [5.74, 6) is 0.00715. The number of hydrogen-bond donors (Lipinski definition) is 2. The smallest absolute Gasteiger partial charge is 0.335 e. The van der Waals surface area contributed by atoms with E-state index in [-0.39, 0.29) is 24.6 Å². The van der Waals surface area contributed by atoms with Crippen molar-refractivity contribution in [2.75, 3.05) is 6.61 Å². The third-order valence-electron chi connectivity index (χ3n) is 4.93. The van der Waals surface area contributed by atoms with Gasteiger partial charge in [0.15, 0.2) is 0 Å². The van der Waals surface area contributed by atoms with Crippen molar-refractivity contribution in [3.05, 3.63) is 108 Å². The van der Waals surface area contributed by atoms with E-state index >= 15 is 0 Å². The van der Waals surface area contributed by atoms with Gasteiger partial charge in [-0.15, -0.1) is 0 Å². The van der Waals surface area contributed by atoms with E-state index in [1.165, 1.54) is 12.1 Å². The number of ether oxygens (including phenoxy) is 1. The van der Waals surface area contributed by atoms with E-state index in [0.717, 1.165) is 10.8 Å². The average Bonchev–Trinajstić information content (AvgIpc) is 3.34. The van der Waals surface area contributed by atoms with Crippen LogP contribution in [-0.2, 0) is 11.3 Å². The number of carboxylic acid groups (broad SMARTS) is 1. The fourth-order valence-corrected chi connectivity index (χ4v) is 3.27. The second-order valence-electron chi connectivity index (χ2n) is 7.12. The molecule has 160 valence electrons. The molecular weight excluding hydrogens is 406 g/mol. The number of fused-ring (bicyclic) bond motifs is 1. The van der Waals surface area contributed by atoms with Gasteiger partial charge in [0.1, 0.15) is 18.1 Å². The minimum absolute atomic E-state index is 0.0404. The number of carbonyl (C=O) groups is 2. The van der Waals surface area contributed by atoms with Gasteiger partial charge in [0, 0.05) is 5.39 Å². The summed E-state index contributed by atoms with van der Waals surface area (Å²) in [6, 6.07) is 23.5. The molecule has 0 saturated carbocycles. The first-order valence-electron chi connectivity index (χ1n) is 10.1. The van der Waals surface area contributed by atoms with Crippen LogP contribution in [0.1, 0.15) is 21.7 Å². The lowest BCUT2D eigenvalue weighted by atomic mass is 10.1. The Morgan fingerprint density at radius 1 is 0.938 bits per heavy atom. The van der Waals surface area contributed by atoms with Crippen LogP contribution in [0.3, 0.4) is 0 Å². The second kappa shape index (κ2) is 9.66. The molecule has 0 atom stereocenters. The molecule has 0 aliphatic rings. The van der Waals surface area contributed by atoms with Crippen molar-refractivity contribution in [3.8, 4) is 5.75 Å². The summed E-state index contributed by atoms with van der Waals surface area (Å²) in [6.07, 6.45) is 3.24. The monoisotopic (exact) mass is 427 g/mol. The number of carboxylic acids is 1. The van der Waals surface area contributed by atoms with Gasteiger partial charge in [-0.2, -0.15) is 0 Å². The maximum absolute atomic E-state index is 12.9. The Morgan fingerprint density at radius 2 is 1.72 bits per heavy atom. The van der Waals surface area contributed by atoms with Crippen LogP contribution in [0, 0.1) is 0 Å². The zero-order valence-corrected chi connectivity index (χ0v) is 17.2. The molecule has 6 heteroatoms. The van der Waals surface area contributed by atoms with Crippen LogP contribution in [0.5, 0.6) is 5.75 Å². The molecule has 0 aliphatic carbocycles. The number of hydrogen-bond acceptors (Lipinski definition) is 4. The van der Waals surface area contributed by atoms with Gasteiger partial charge in [-0.3, -0.25) is 4.79 Å².